The number of aromatic nitrogens is 3. The molecule has 2 aromatic heterocycles. The van der Waals surface area contributed by atoms with E-state index < -0.39 is 0 Å². The minimum atomic E-state index is 0.149. The van der Waals surface area contributed by atoms with Crippen LogP contribution in [0.5, 0.6) is 0 Å². The van der Waals surface area contributed by atoms with E-state index in [0.29, 0.717) is 6.54 Å². The minimum absolute atomic E-state index is 0.149. The molecule has 0 radical (unpaired) electrons. The molecule has 3 aromatic rings. The van der Waals surface area contributed by atoms with Gasteiger partial charge in [0, 0.05) is 51.0 Å². The molecule has 7 heteroatoms. The molecule has 156 valence electrons. The van der Waals surface area contributed by atoms with Gasteiger partial charge in [0.05, 0.1) is 6.04 Å². The first-order valence-corrected chi connectivity index (χ1v) is 10.5. The Labute approximate surface area is 177 Å². The first-order chi connectivity index (χ1) is 14.7. The number of benzene rings is 1. The molecule has 0 amide bonds. The van der Waals surface area contributed by atoms with Gasteiger partial charge in [0.2, 0.25) is 0 Å². The highest BCUT2D eigenvalue weighted by Gasteiger charge is 2.14. The van der Waals surface area contributed by atoms with Crippen LogP contribution in [-0.4, -0.2) is 40.9 Å². The standard InChI is InChI=1S/C23H29N7/c1-18(20-7-5-8-21(16-20)29-12-3-4-13-29)28-23(24-2)26-17-19-9-11-25-22(15-19)30-14-6-10-27-30/h5-11,14-16,18H,3-4,12-13,17H2,1-2H3,(H2,24,26,28). The summed E-state index contributed by atoms with van der Waals surface area (Å²) in [7, 11) is 1.80. The average Bonchev–Trinajstić information content (AvgIpc) is 3.51. The van der Waals surface area contributed by atoms with E-state index in [1.807, 2.05) is 24.4 Å². The van der Waals surface area contributed by atoms with Crippen LogP contribution >= 0.6 is 0 Å². The van der Waals surface area contributed by atoms with Gasteiger partial charge in [-0.15, -0.1) is 0 Å². The Hall–Kier alpha value is -3.35. The van der Waals surface area contributed by atoms with Crippen LogP contribution in [0.1, 0.15) is 36.9 Å². The lowest BCUT2D eigenvalue weighted by Crippen LogP contribution is -2.38. The van der Waals surface area contributed by atoms with Gasteiger partial charge in [-0.25, -0.2) is 9.67 Å². The minimum Gasteiger partial charge on any atom is -0.372 e. The number of nitrogens with one attached hydrogen (secondary N) is 2. The predicted molar refractivity (Wildman–Crippen MR) is 121 cm³/mol. The smallest absolute Gasteiger partial charge is 0.191 e. The molecule has 1 unspecified atom stereocenters. The summed E-state index contributed by atoms with van der Waals surface area (Å²) >= 11 is 0. The molecule has 1 saturated heterocycles. The first kappa shape index (κ1) is 19.9. The molecule has 2 N–H and O–H groups in total. The van der Waals surface area contributed by atoms with Gasteiger partial charge < -0.3 is 15.5 Å². The molecule has 1 aliphatic heterocycles. The molecule has 3 heterocycles. The van der Waals surface area contributed by atoms with Gasteiger partial charge >= 0.3 is 0 Å². The number of anilines is 1. The number of hydrogen-bond acceptors (Lipinski definition) is 4. The lowest BCUT2D eigenvalue weighted by molar-refractivity contribution is 0.684. The summed E-state index contributed by atoms with van der Waals surface area (Å²) in [6.45, 7) is 5.12. The second-order valence-corrected chi connectivity index (χ2v) is 7.55. The highest BCUT2D eigenvalue weighted by atomic mass is 15.3. The second-order valence-electron chi connectivity index (χ2n) is 7.55. The van der Waals surface area contributed by atoms with Crippen molar-refractivity contribution in [1.82, 2.24) is 25.4 Å². The zero-order valence-corrected chi connectivity index (χ0v) is 17.6. The highest BCUT2D eigenvalue weighted by molar-refractivity contribution is 5.80. The van der Waals surface area contributed by atoms with Gasteiger partial charge in [0.15, 0.2) is 11.8 Å². The molecule has 0 spiro atoms. The Morgan fingerprint density at radius 2 is 2.00 bits per heavy atom. The quantitative estimate of drug-likeness (QED) is 0.488. The Balaban J connectivity index is 1.37. The van der Waals surface area contributed by atoms with Crippen molar-refractivity contribution >= 4 is 11.6 Å². The van der Waals surface area contributed by atoms with E-state index in [1.165, 1.54) is 24.1 Å². The monoisotopic (exact) mass is 403 g/mol. The van der Waals surface area contributed by atoms with Gasteiger partial charge in [0.1, 0.15) is 0 Å². The number of pyridine rings is 1. The predicted octanol–water partition coefficient (Wildman–Crippen LogP) is 3.29. The highest BCUT2D eigenvalue weighted by Crippen LogP contribution is 2.23. The molecular weight excluding hydrogens is 374 g/mol. The third-order valence-corrected chi connectivity index (χ3v) is 5.43. The summed E-state index contributed by atoms with van der Waals surface area (Å²) < 4.78 is 1.76. The molecule has 0 aliphatic carbocycles. The fourth-order valence-electron chi connectivity index (χ4n) is 3.74. The van der Waals surface area contributed by atoms with Crippen LogP contribution in [0, 0.1) is 0 Å². The van der Waals surface area contributed by atoms with Gasteiger partial charge in [-0.2, -0.15) is 5.10 Å². The van der Waals surface area contributed by atoms with Crippen molar-refractivity contribution in [3.8, 4) is 5.82 Å². The van der Waals surface area contributed by atoms with Crippen LogP contribution < -0.4 is 15.5 Å². The normalized spacial score (nSPS) is 15.3. The molecule has 1 fully saturated rings. The Kier molecular flexibility index (Phi) is 6.27. The third-order valence-electron chi connectivity index (χ3n) is 5.43. The van der Waals surface area contributed by atoms with Crippen molar-refractivity contribution in [3.63, 3.8) is 0 Å². The lowest BCUT2D eigenvalue weighted by atomic mass is 10.1. The van der Waals surface area contributed by atoms with Crippen molar-refractivity contribution in [1.29, 1.82) is 0 Å². The number of aliphatic imine (C=N–C) groups is 1. The fourth-order valence-corrected chi connectivity index (χ4v) is 3.74. The zero-order chi connectivity index (χ0) is 20.8. The fraction of sp³-hybridized carbons (Fsp3) is 0.348. The topological polar surface area (TPSA) is 70.4 Å². The summed E-state index contributed by atoms with van der Waals surface area (Å²) in [6.07, 6.45) is 8.00. The molecule has 7 nitrogen and oxygen atoms in total. The molecule has 0 bridgehead atoms. The Morgan fingerprint density at radius 3 is 2.77 bits per heavy atom. The van der Waals surface area contributed by atoms with Crippen molar-refractivity contribution in [3.05, 3.63) is 72.2 Å². The summed E-state index contributed by atoms with van der Waals surface area (Å²) in [5, 5.41) is 11.1. The van der Waals surface area contributed by atoms with E-state index in [1.54, 1.807) is 24.1 Å². The van der Waals surface area contributed by atoms with Crippen molar-refractivity contribution in [2.24, 2.45) is 4.99 Å². The third kappa shape index (κ3) is 4.79. The summed E-state index contributed by atoms with van der Waals surface area (Å²) in [6, 6.07) is 14.9. The SMILES string of the molecule is CN=C(NCc1ccnc(-n2cccn2)c1)NC(C)c1cccc(N2CCCC2)c1. The van der Waals surface area contributed by atoms with Crippen LogP contribution in [0.3, 0.4) is 0 Å². The molecule has 30 heavy (non-hydrogen) atoms. The number of guanidine groups is 1. The Morgan fingerprint density at radius 1 is 1.13 bits per heavy atom. The van der Waals surface area contributed by atoms with E-state index in [0.717, 1.165) is 30.4 Å². The summed E-state index contributed by atoms with van der Waals surface area (Å²) in [4.78, 5) is 11.2. The lowest BCUT2D eigenvalue weighted by Gasteiger charge is -2.22. The van der Waals surface area contributed by atoms with E-state index in [2.05, 4.69) is 61.8 Å². The maximum Gasteiger partial charge on any atom is 0.191 e. The van der Waals surface area contributed by atoms with Gasteiger partial charge in [-0.1, -0.05) is 12.1 Å². The maximum atomic E-state index is 4.39. The second kappa shape index (κ2) is 9.43. The maximum absolute atomic E-state index is 4.39. The Bertz CT molecular complexity index is 975. The van der Waals surface area contributed by atoms with E-state index in [4.69, 9.17) is 0 Å². The number of nitrogens with zero attached hydrogens (tertiary/aromatic N) is 5. The molecule has 0 saturated carbocycles. The van der Waals surface area contributed by atoms with Crippen LogP contribution in [0.2, 0.25) is 0 Å². The molecule has 1 aliphatic rings. The van der Waals surface area contributed by atoms with Gasteiger partial charge in [-0.3, -0.25) is 4.99 Å². The number of hydrogen-bond donors (Lipinski definition) is 2. The van der Waals surface area contributed by atoms with E-state index in [-0.39, 0.29) is 6.04 Å². The summed E-state index contributed by atoms with van der Waals surface area (Å²) in [5.41, 5.74) is 3.68. The van der Waals surface area contributed by atoms with Gasteiger partial charge in [-0.05, 0) is 61.2 Å². The van der Waals surface area contributed by atoms with Crippen molar-refractivity contribution < 1.29 is 0 Å². The zero-order valence-electron chi connectivity index (χ0n) is 17.6. The van der Waals surface area contributed by atoms with Crippen molar-refractivity contribution in [2.75, 3.05) is 25.0 Å². The largest absolute Gasteiger partial charge is 0.372 e. The number of rotatable bonds is 6. The van der Waals surface area contributed by atoms with Crippen LogP contribution in [0.15, 0.2) is 66.0 Å². The molecule has 1 aromatic carbocycles. The first-order valence-electron chi connectivity index (χ1n) is 10.5. The molecule has 4 rings (SSSR count). The average molecular weight is 404 g/mol. The van der Waals surface area contributed by atoms with E-state index >= 15 is 0 Å². The molecule has 1 atom stereocenters. The van der Waals surface area contributed by atoms with Crippen LogP contribution in [0.25, 0.3) is 5.82 Å². The molecular formula is C23H29N7. The van der Waals surface area contributed by atoms with Gasteiger partial charge in [0.25, 0.3) is 0 Å². The van der Waals surface area contributed by atoms with E-state index in [9.17, 15) is 0 Å². The summed E-state index contributed by atoms with van der Waals surface area (Å²) in [5.74, 6) is 1.57. The van der Waals surface area contributed by atoms with Crippen LogP contribution in [0.4, 0.5) is 5.69 Å². The van der Waals surface area contributed by atoms with Crippen molar-refractivity contribution in [2.45, 2.75) is 32.4 Å². The van der Waals surface area contributed by atoms with Crippen LogP contribution in [-0.2, 0) is 6.54 Å².